The van der Waals surface area contributed by atoms with Gasteiger partial charge in [0.2, 0.25) is 0 Å². The Balaban J connectivity index is 1.45. The standard InChI is InChI=1S/C17H15N3O4/c1-9-11-4-2-3-5-13(11)23-15(9)17(22)19-18-16(21)12-8-14(24-20-12)10-6-7-10/h2-5,8,10H,6-7H2,1H3,(H,18,21)(H,19,22). The Hall–Kier alpha value is -3.09. The predicted molar refractivity (Wildman–Crippen MR) is 84.4 cm³/mol. The highest BCUT2D eigenvalue weighted by Gasteiger charge is 2.29. The van der Waals surface area contributed by atoms with Crippen molar-refractivity contribution < 1.29 is 18.5 Å². The molecular formula is C17H15N3O4. The predicted octanol–water partition coefficient (Wildman–Crippen LogP) is 2.68. The van der Waals surface area contributed by atoms with E-state index in [4.69, 9.17) is 8.94 Å². The molecule has 1 aliphatic carbocycles. The Bertz CT molecular complexity index is 936. The summed E-state index contributed by atoms with van der Waals surface area (Å²) >= 11 is 0. The van der Waals surface area contributed by atoms with Crippen LogP contribution < -0.4 is 10.9 Å². The lowest BCUT2D eigenvalue weighted by atomic mass is 10.1. The number of amides is 2. The molecule has 2 heterocycles. The highest BCUT2D eigenvalue weighted by atomic mass is 16.5. The van der Waals surface area contributed by atoms with E-state index in [1.54, 1.807) is 19.1 Å². The van der Waals surface area contributed by atoms with Crippen LogP contribution in [0.15, 0.2) is 39.3 Å². The third kappa shape index (κ3) is 2.54. The quantitative estimate of drug-likeness (QED) is 0.722. The summed E-state index contributed by atoms with van der Waals surface area (Å²) in [6.45, 7) is 1.79. The van der Waals surface area contributed by atoms with E-state index in [0.29, 0.717) is 17.3 Å². The zero-order valence-electron chi connectivity index (χ0n) is 13.0. The summed E-state index contributed by atoms with van der Waals surface area (Å²) < 4.78 is 10.7. The number of furan rings is 1. The number of fused-ring (bicyclic) bond motifs is 1. The number of hydrogen-bond acceptors (Lipinski definition) is 5. The van der Waals surface area contributed by atoms with Crippen molar-refractivity contribution in [2.75, 3.05) is 0 Å². The second kappa shape index (κ2) is 5.52. The maximum absolute atomic E-state index is 12.2. The maximum atomic E-state index is 12.2. The molecule has 2 aromatic heterocycles. The van der Waals surface area contributed by atoms with Gasteiger partial charge in [-0.05, 0) is 25.8 Å². The number of para-hydroxylation sites is 1. The molecule has 1 aromatic carbocycles. The number of nitrogens with one attached hydrogen (secondary N) is 2. The van der Waals surface area contributed by atoms with Gasteiger partial charge in [0, 0.05) is 22.9 Å². The summed E-state index contributed by atoms with van der Waals surface area (Å²) in [5.41, 5.74) is 6.14. The molecule has 0 saturated heterocycles. The van der Waals surface area contributed by atoms with Crippen LogP contribution in [0, 0.1) is 6.92 Å². The zero-order chi connectivity index (χ0) is 16.7. The van der Waals surface area contributed by atoms with Crippen molar-refractivity contribution in [3.8, 4) is 0 Å². The first-order valence-electron chi connectivity index (χ1n) is 7.69. The molecule has 2 amide bonds. The second-order valence-electron chi connectivity index (χ2n) is 5.85. The van der Waals surface area contributed by atoms with Crippen molar-refractivity contribution in [2.24, 2.45) is 0 Å². The molecule has 4 rings (SSSR count). The van der Waals surface area contributed by atoms with Gasteiger partial charge in [0.05, 0.1) is 0 Å². The minimum Gasteiger partial charge on any atom is -0.451 e. The van der Waals surface area contributed by atoms with Gasteiger partial charge in [-0.1, -0.05) is 23.4 Å². The number of carbonyl (C=O) groups is 2. The fourth-order valence-corrected chi connectivity index (χ4v) is 2.58. The Labute approximate surface area is 137 Å². The fourth-order valence-electron chi connectivity index (χ4n) is 2.58. The van der Waals surface area contributed by atoms with E-state index in [2.05, 4.69) is 16.0 Å². The molecular weight excluding hydrogens is 310 g/mol. The van der Waals surface area contributed by atoms with E-state index in [-0.39, 0.29) is 11.5 Å². The third-order valence-electron chi connectivity index (χ3n) is 4.08. The molecule has 122 valence electrons. The molecule has 7 heteroatoms. The van der Waals surface area contributed by atoms with Crippen molar-refractivity contribution in [3.63, 3.8) is 0 Å². The largest absolute Gasteiger partial charge is 0.451 e. The maximum Gasteiger partial charge on any atom is 0.305 e. The van der Waals surface area contributed by atoms with Crippen LogP contribution in [0.1, 0.15) is 51.1 Å². The molecule has 1 saturated carbocycles. The molecule has 3 aromatic rings. The zero-order valence-corrected chi connectivity index (χ0v) is 13.0. The summed E-state index contributed by atoms with van der Waals surface area (Å²) in [5.74, 6) is 0.178. The Kier molecular flexibility index (Phi) is 3.34. The molecule has 0 atom stereocenters. The van der Waals surface area contributed by atoms with Crippen LogP contribution in [0.3, 0.4) is 0 Å². The minimum absolute atomic E-state index is 0.138. The van der Waals surface area contributed by atoms with Crippen molar-refractivity contribution in [1.29, 1.82) is 0 Å². The molecule has 0 radical (unpaired) electrons. The van der Waals surface area contributed by atoms with Gasteiger partial charge in [0.15, 0.2) is 11.5 Å². The van der Waals surface area contributed by atoms with E-state index >= 15 is 0 Å². The molecule has 24 heavy (non-hydrogen) atoms. The van der Waals surface area contributed by atoms with Crippen LogP contribution in [0.2, 0.25) is 0 Å². The van der Waals surface area contributed by atoms with Crippen molar-refractivity contribution >= 4 is 22.8 Å². The van der Waals surface area contributed by atoms with Gasteiger partial charge < -0.3 is 8.94 Å². The number of benzene rings is 1. The average molecular weight is 325 g/mol. The first kappa shape index (κ1) is 14.5. The SMILES string of the molecule is Cc1c(C(=O)NNC(=O)c2cc(C3CC3)on2)oc2ccccc12. The molecule has 0 bridgehead atoms. The Morgan fingerprint density at radius 1 is 1.17 bits per heavy atom. The van der Waals surface area contributed by atoms with Crippen LogP contribution in [0.5, 0.6) is 0 Å². The number of carbonyl (C=O) groups excluding carboxylic acids is 2. The number of aryl methyl sites for hydroxylation is 1. The van der Waals surface area contributed by atoms with Gasteiger partial charge in [-0.2, -0.15) is 0 Å². The first-order chi connectivity index (χ1) is 11.6. The van der Waals surface area contributed by atoms with Gasteiger partial charge >= 0.3 is 5.91 Å². The van der Waals surface area contributed by atoms with E-state index in [9.17, 15) is 9.59 Å². The van der Waals surface area contributed by atoms with E-state index in [0.717, 1.165) is 23.8 Å². The van der Waals surface area contributed by atoms with Crippen molar-refractivity contribution in [1.82, 2.24) is 16.0 Å². The summed E-state index contributed by atoms with van der Waals surface area (Å²) in [6.07, 6.45) is 2.11. The summed E-state index contributed by atoms with van der Waals surface area (Å²) in [5, 5.41) is 4.58. The molecule has 2 N–H and O–H groups in total. The van der Waals surface area contributed by atoms with Crippen molar-refractivity contribution in [2.45, 2.75) is 25.7 Å². The molecule has 0 aliphatic heterocycles. The molecule has 1 aliphatic rings. The monoisotopic (exact) mass is 325 g/mol. The number of nitrogens with zero attached hydrogens (tertiary/aromatic N) is 1. The lowest BCUT2D eigenvalue weighted by molar-refractivity contribution is 0.0827. The molecule has 1 fully saturated rings. The molecule has 0 unspecified atom stereocenters. The van der Waals surface area contributed by atoms with Crippen LogP contribution >= 0.6 is 0 Å². The second-order valence-corrected chi connectivity index (χ2v) is 5.85. The smallest absolute Gasteiger partial charge is 0.305 e. The van der Waals surface area contributed by atoms with Crippen molar-refractivity contribution in [3.05, 3.63) is 53.1 Å². The molecule has 7 nitrogen and oxygen atoms in total. The summed E-state index contributed by atoms with van der Waals surface area (Å²) in [6, 6.07) is 8.96. The van der Waals surface area contributed by atoms with E-state index < -0.39 is 11.8 Å². The average Bonchev–Trinajstić information content (AvgIpc) is 3.23. The lowest BCUT2D eigenvalue weighted by Gasteiger charge is -2.04. The first-order valence-corrected chi connectivity index (χ1v) is 7.69. The Morgan fingerprint density at radius 3 is 2.67 bits per heavy atom. The Morgan fingerprint density at radius 2 is 1.92 bits per heavy atom. The number of hydrogen-bond donors (Lipinski definition) is 2. The van der Waals surface area contributed by atoms with Gasteiger partial charge in [-0.15, -0.1) is 0 Å². The van der Waals surface area contributed by atoms with E-state index in [1.807, 2.05) is 18.2 Å². The van der Waals surface area contributed by atoms with Crippen LogP contribution in [-0.2, 0) is 0 Å². The minimum atomic E-state index is -0.534. The summed E-state index contributed by atoms with van der Waals surface area (Å²) in [4.78, 5) is 24.2. The highest BCUT2D eigenvalue weighted by molar-refractivity contribution is 6.00. The van der Waals surface area contributed by atoms with Crippen LogP contribution in [0.4, 0.5) is 0 Å². The van der Waals surface area contributed by atoms with Gasteiger partial charge in [0.25, 0.3) is 5.91 Å². The van der Waals surface area contributed by atoms with Crippen LogP contribution in [0.25, 0.3) is 11.0 Å². The molecule has 0 spiro atoms. The normalized spacial score (nSPS) is 13.9. The van der Waals surface area contributed by atoms with E-state index in [1.165, 1.54) is 0 Å². The number of rotatable bonds is 3. The number of hydrazine groups is 1. The van der Waals surface area contributed by atoms with Gasteiger partial charge in [-0.3, -0.25) is 20.4 Å². The number of aromatic nitrogens is 1. The highest BCUT2D eigenvalue weighted by Crippen LogP contribution is 2.40. The fraction of sp³-hybridized carbons (Fsp3) is 0.235. The van der Waals surface area contributed by atoms with Gasteiger partial charge in [0.1, 0.15) is 11.3 Å². The lowest BCUT2D eigenvalue weighted by Crippen LogP contribution is -2.41. The van der Waals surface area contributed by atoms with Crippen LogP contribution in [-0.4, -0.2) is 17.0 Å². The van der Waals surface area contributed by atoms with Gasteiger partial charge in [-0.25, -0.2) is 0 Å². The topological polar surface area (TPSA) is 97.4 Å². The third-order valence-corrected chi connectivity index (χ3v) is 4.08. The summed E-state index contributed by atoms with van der Waals surface area (Å²) in [7, 11) is 0.